The lowest BCUT2D eigenvalue weighted by atomic mass is 9.95. The molecular formula is C16H15F3N2O2. The summed E-state index contributed by atoms with van der Waals surface area (Å²) in [4.78, 5) is 27.3. The molecule has 0 saturated heterocycles. The summed E-state index contributed by atoms with van der Waals surface area (Å²) >= 11 is 0. The predicted octanol–water partition coefficient (Wildman–Crippen LogP) is 2.84. The van der Waals surface area contributed by atoms with Gasteiger partial charge >= 0.3 is 6.18 Å². The van der Waals surface area contributed by atoms with E-state index >= 15 is 0 Å². The van der Waals surface area contributed by atoms with Gasteiger partial charge in [0.2, 0.25) is 5.91 Å². The molecule has 0 aliphatic heterocycles. The molecule has 0 saturated carbocycles. The molecule has 0 fully saturated rings. The third kappa shape index (κ3) is 2.71. The quantitative estimate of drug-likeness (QED) is 0.792. The lowest BCUT2D eigenvalue weighted by Crippen LogP contribution is -2.25. The largest absolute Gasteiger partial charge is 0.416 e. The first kappa shape index (κ1) is 15.6. The number of aromatic amines is 1. The molecule has 1 heterocycles. The first-order chi connectivity index (χ1) is 10.8. The van der Waals surface area contributed by atoms with Gasteiger partial charge in [-0.2, -0.15) is 13.2 Å². The number of amides is 1. The number of hydrogen-bond donors (Lipinski definition) is 2. The molecule has 1 amide bonds. The molecule has 4 nitrogen and oxygen atoms in total. The van der Waals surface area contributed by atoms with E-state index in [0.717, 1.165) is 18.6 Å². The van der Waals surface area contributed by atoms with Gasteiger partial charge in [-0.25, -0.2) is 0 Å². The second-order valence-electron chi connectivity index (χ2n) is 5.81. The lowest BCUT2D eigenvalue weighted by molar-refractivity contribution is -0.137. The number of hydrogen-bond acceptors (Lipinski definition) is 2. The Hall–Kier alpha value is -2.31. The van der Waals surface area contributed by atoms with Gasteiger partial charge in [-0.1, -0.05) is 6.42 Å². The molecule has 0 spiro atoms. The van der Waals surface area contributed by atoms with Gasteiger partial charge in [0.05, 0.1) is 11.5 Å². The monoisotopic (exact) mass is 324 g/mol. The van der Waals surface area contributed by atoms with Gasteiger partial charge in [0.15, 0.2) is 5.43 Å². The Labute approximate surface area is 129 Å². The molecule has 7 heteroatoms. The van der Waals surface area contributed by atoms with Crippen LogP contribution in [0.2, 0.25) is 0 Å². The fraction of sp³-hybridized carbons (Fsp3) is 0.375. The van der Waals surface area contributed by atoms with Crippen LogP contribution in [0.25, 0.3) is 10.9 Å². The molecule has 1 atom stereocenters. The van der Waals surface area contributed by atoms with Crippen LogP contribution in [0.5, 0.6) is 0 Å². The van der Waals surface area contributed by atoms with Crippen LogP contribution in [-0.4, -0.2) is 10.9 Å². The number of fused-ring (bicyclic) bond motifs is 2. The summed E-state index contributed by atoms with van der Waals surface area (Å²) in [6, 6.07) is 3.00. The van der Waals surface area contributed by atoms with E-state index in [4.69, 9.17) is 5.73 Å². The summed E-state index contributed by atoms with van der Waals surface area (Å²) in [5.41, 5.74) is 5.21. The average Bonchev–Trinajstić information content (AvgIpc) is 2.68. The van der Waals surface area contributed by atoms with Crippen LogP contribution < -0.4 is 11.2 Å². The fourth-order valence-electron chi connectivity index (χ4n) is 3.15. The predicted molar refractivity (Wildman–Crippen MR) is 79.1 cm³/mol. The number of halogens is 3. The molecule has 3 N–H and O–H groups in total. The molecule has 1 aliphatic rings. The number of alkyl halides is 3. The highest BCUT2D eigenvalue weighted by Crippen LogP contribution is 2.32. The van der Waals surface area contributed by atoms with E-state index in [1.54, 1.807) is 0 Å². The first-order valence-corrected chi connectivity index (χ1v) is 7.34. The van der Waals surface area contributed by atoms with Crippen molar-refractivity contribution >= 4 is 16.8 Å². The first-order valence-electron chi connectivity index (χ1n) is 7.34. The summed E-state index contributed by atoms with van der Waals surface area (Å²) in [5, 5.41) is -0.0105. The minimum atomic E-state index is -4.51. The molecule has 122 valence electrons. The second kappa shape index (κ2) is 5.40. The van der Waals surface area contributed by atoms with Crippen LogP contribution in [0.3, 0.4) is 0 Å². The van der Waals surface area contributed by atoms with Crippen LogP contribution in [0.4, 0.5) is 13.2 Å². The molecule has 0 unspecified atom stereocenters. The van der Waals surface area contributed by atoms with Crippen LogP contribution in [0.1, 0.15) is 42.0 Å². The van der Waals surface area contributed by atoms with E-state index in [-0.39, 0.29) is 10.9 Å². The number of pyridine rings is 1. The lowest BCUT2D eigenvalue weighted by Gasteiger charge is -2.16. The Morgan fingerprint density at radius 1 is 1.26 bits per heavy atom. The highest BCUT2D eigenvalue weighted by molar-refractivity contribution is 5.85. The van der Waals surface area contributed by atoms with Crippen molar-refractivity contribution in [3.63, 3.8) is 0 Å². The Balaban J connectivity index is 2.28. The van der Waals surface area contributed by atoms with Crippen molar-refractivity contribution in [2.75, 3.05) is 0 Å². The van der Waals surface area contributed by atoms with Crippen molar-refractivity contribution in [2.45, 2.75) is 37.8 Å². The van der Waals surface area contributed by atoms with Crippen molar-refractivity contribution in [3.05, 3.63) is 45.2 Å². The number of benzene rings is 1. The van der Waals surface area contributed by atoms with Crippen LogP contribution in [0.15, 0.2) is 23.0 Å². The summed E-state index contributed by atoms with van der Waals surface area (Å²) in [5.74, 6) is -1.14. The van der Waals surface area contributed by atoms with Crippen LogP contribution in [-0.2, 0) is 17.4 Å². The van der Waals surface area contributed by atoms with Crippen molar-refractivity contribution in [3.8, 4) is 0 Å². The maximum atomic E-state index is 12.8. The number of rotatable bonds is 1. The Kier molecular flexibility index (Phi) is 3.66. The van der Waals surface area contributed by atoms with E-state index in [2.05, 4.69) is 4.98 Å². The van der Waals surface area contributed by atoms with Crippen LogP contribution >= 0.6 is 0 Å². The zero-order valence-electron chi connectivity index (χ0n) is 12.2. The van der Waals surface area contributed by atoms with Gasteiger partial charge < -0.3 is 10.7 Å². The number of carbonyl (C=O) groups excluding carboxylic acids is 1. The molecule has 0 bridgehead atoms. The van der Waals surface area contributed by atoms with Gasteiger partial charge in [0.25, 0.3) is 0 Å². The van der Waals surface area contributed by atoms with E-state index in [1.165, 1.54) is 6.07 Å². The highest BCUT2D eigenvalue weighted by atomic mass is 19.4. The van der Waals surface area contributed by atoms with Gasteiger partial charge in [-0.15, -0.1) is 0 Å². The molecule has 3 rings (SSSR count). The molecular weight excluding hydrogens is 309 g/mol. The van der Waals surface area contributed by atoms with Crippen molar-refractivity contribution < 1.29 is 18.0 Å². The minimum absolute atomic E-state index is 0.0105. The number of nitrogens with one attached hydrogen (secondary N) is 1. The summed E-state index contributed by atoms with van der Waals surface area (Å²) in [6.07, 6.45) is -2.11. The van der Waals surface area contributed by atoms with Gasteiger partial charge in [0.1, 0.15) is 0 Å². The second-order valence-corrected chi connectivity index (χ2v) is 5.81. The Morgan fingerprint density at radius 2 is 2.00 bits per heavy atom. The minimum Gasteiger partial charge on any atom is -0.369 e. The SMILES string of the molecule is NC(=O)[C@H]1CCCCc2c1[nH]c1ccc(C(F)(F)F)cc1c2=O. The molecule has 0 radical (unpaired) electrons. The molecule has 1 aliphatic carbocycles. The van der Waals surface area contributed by atoms with Crippen LogP contribution in [0, 0.1) is 0 Å². The molecule has 1 aromatic heterocycles. The summed E-state index contributed by atoms with van der Waals surface area (Å²) in [6.45, 7) is 0. The van der Waals surface area contributed by atoms with Crippen molar-refractivity contribution in [2.24, 2.45) is 5.73 Å². The third-order valence-electron chi connectivity index (χ3n) is 4.32. The fourth-order valence-corrected chi connectivity index (χ4v) is 3.15. The number of aromatic nitrogens is 1. The maximum Gasteiger partial charge on any atom is 0.416 e. The maximum absolute atomic E-state index is 12.8. The Morgan fingerprint density at radius 3 is 2.65 bits per heavy atom. The van der Waals surface area contributed by atoms with Crippen molar-refractivity contribution in [1.82, 2.24) is 4.98 Å². The van der Waals surface area contributed by atoms with E-state index in [1.807, 2.05) is 0 Å². The standard InChI is InChI=1S/C16H15F3N2O2/c17-16(18,19)8-5-6-12-11(7-8)14(22)9-3-1-2-4-10(15(20)23)13(9)21-12/h5-7,10H,1-4H2,(H2,20,23)(H,21,22)/t10-/m0/s1. The van der Waals surface area contributed by atoms with E-state index < -0.39 is 29.0 Å². The van der Waals surface area contributed by atoms with Gasteiger partial charge in [0, 0.05) is 22.2 Å². The third-order valence-corrected chi connectivity index (χ3v) is 4.32. The smallest absolute Gasteiger partial charge is 0.369 e. The number of nitrogens with two attached hydrogens (primary N) is 1. The molecule has 2 aromatic rings. The molecule has 1 aromatic carbocycles. The highest BCUT2D eigenvalue weighted by Gasteiger charge is 2.32. The number of carbonyl (C=O) groups is 1. The average molecular weight is 324 g/mol. The number of primary amides is 1. The Bertz CT molecular complexity index is 840. The summed E-state index contributed by atoms with van der Waals surface area (Å²) < 4.78 is 38.5. The van der Waals surface area contributed by atoms with Crippen molar-refractivity contribution in [1.29, 1.82) is 0 Å². The summed E-state index contributed by atoms with van der Waals surface area (Å²) in [7, 11) is 0. The van der Waals surface area contributed by atoms with Gasteiger partial charge in [-0.3, -0.25) is 9.59 Å². The normalized spacial score (nSPS) is 18.5. The molecule has 23 heavy (non-hydrogen) atoms. The number of H-pyrrole nitrogens is 1. The zero-order valence-corrected chi connectivity index (χ0v) is 12.2. The topological polar surface area (TPSA) is 76.0 Å². The van der Waals surface area contributed by atoms with Gasteiger partial charge in [-0.05, 0) is 37.5 Å². The van der Waals surface area contributed by atoms with E-state index in [9.17, 15) is 22.8 Å². The zero-order chi connectivity index (χ0) is 16.8. The van der Waals surface area contributed by atoms with E-state index in [0.29, 0.717) is 30.5 Å².